The molecule has 1 heteroatoms. The smallest absolute Gasteiger partial charge is 0.0257 e. The summed E-state index contributed by atoms with van der Waals surface area (Å²) < 4.78 is 0. The summed E-state index contributed by atoms with van der Waals surface area (Å²) in [5, 5.41) is 0. The monoisotopic (exact) mass is 116 g/mol. The number of allylic oxidation sites excluding steroid dienone is 1. The van der Waals surface area contributed by atoms with Gasteiger partial charge in [-0.05, 0) is 18.8 Å². The molecule has 0 aromatic heterocycles. The molecule has 1 fully saturated rings. The molecule has 0 aliphatic heterocycles. The van der Waals surface area contributed by atoms with Crippen LogP contribution < -0.4 is 0 Å². The Hall–Kier alpha value is 0.0300. The Kier molecular flexibility index (Phi) is 1.38. The normalized spacial score (nSPS) is 22.1. The summed E-state index contributed by atoms with van der Waals surface area (Å²) in [5.74, 6) is 1.58. The zero-order chi connectivity index (χ0) is 5.28. The molecule has 0 radical (unpaired) electrons. The van der Waals surface area contributed by atoms with E-state index in [4.69, 9.17) is 11.6 Å². The van der Waals surface area contributed by atoms with Crippen molar-refractivity contribution in [1.82, 2.24) is 0 Å². The van der Waals surface area contributed by atoms with Crippen LogP contribution in [0, 0.1) is 5.92 Å². The van der Waals surface area contributed by atoms with Crippen molar-refractivity contribution >= 4 is 11.6 Å². The molecular formula is C6H9Cl. The van der Waals surface area contributed by atoms with Crippen molar-refractivity contribution in [1.29, 1.82) is 0 Å². The molecule has 1 aliphatic rings. The Morgan fingerprint density at radius 3 is 2.43 bits per heavy atom. The molecule has 7 heavy (non-hydrogen) atoms. The summed E-state index contributed by atoms with van der Waals surface area (Å²) in [4.78, 5) is 0. The van der Waals surface area contributed by atoms with Crippen molar-refractivity contribution in [2.24, 2.45) is 5.92 Å². The molecule has 0 aromatic carbocycles. The molecule has 0 heterocycles. The average molecular weight is 117 g/mol. The molecule has 1 aliphatic carbocycles. The van der Waals surface area contributed by atoms with Crippen LogP contribution in [0.15, 0.2) is 12.2 Å². The maximum atomic E-state index is 5.53. The Bertz CT molecular complexity index is 78.2. The van der Waals surface area contributed by atoms with E-state index < -0.39 is 0 Å². The van der Waals surface area contributed by atoms with E-state index in [0.29, 0.717) is 0 Å². The summed E-state index contributed by atoms with van der Waals surface area (Å²) in [7, 11) is 0. The minimum absolute atomic E-state index is 0.758. The van der Waals surface area contributed by atoms with Crippen LogP contribution >= 0.6 is 11.6 Å². The fourth-order valence-electron chi connectivity index (χ4n) is 0.866. The van der Waals surface area contributed by atoms with E-state index in [-0.39, 0.29) is 0 Å². The van der Waals surface area contributed by atoms with E-state index in [9.17, 15) is 0 Å². The molecule has 0 atom stereocenters. The van der Waals surface area contributed by atoms with Gasteiger partial charge in [0, 0.05) is 5.88 Å². The Morgan fingerprint density at radius 1 is 1.71 bits per heavy atom. The highest BCUT2D eigenvalue weighted by molar-refractivity contribution is 6.18. The fourth-order valence-corrected chi connectivity index (χ4v) is 1.08. The van der Waals surface area contributed by atoms with E-state index in [2.05, 4.69) is 6.58 Å². The third kappa shape index (κ3) is 0.973. The average Bonchev–Trinajstić information content (AvgIpc) is 1.58. The number of halogens is 1. The lowest BCUT2D eigenvalue weighted by Gasteiger charge is -2.25. The summed E-state index contributed by atoms with van der Waals surface area (Å²) in [5.41, 5.74) is 1.37. The first-order valence-electron chi connectivity index (χ1n) is 2.55. The highest BCUT2D eigenvalue weighted by atomic mass is 35.5. The standard InChI is InChI=1S/C6H9Cl/c1-5-2-6(3-5)4-7/h6H,1-4H2. The first kappa shape index (κ1) is 5.17. The lowest BCUT2D eigenvalue weighted by molar-refractivity contribution is 0.468. The maximum absolute atomic E-state index is 5.53. The zero-order valence-corrected chi connectivity index (χ0v) is 5.04. The third-order valence-corrected chi connectivity index (χ3v) is 1.81. The van der Waals surface area contributed by atoms with Gasteiger partial charge in [-0.3, -0.25) is 0 Å². The van der Waals surface area contributed by atoms with Gasteiger partial charge in [-0.15, -0.1) is 11.6 Å². The van der Waals surface area contributed by atoms with E-state index in [0.717, 1.165) is 11.8 Å². The second-order valence-corrected chi connectivity index (χ2v) is 2.49. The summed E-state index contributed by atoms with van der Waals surface area (Å²) >= 11 is 5.53. The molecule has 0 saturated heterocycles. The number of alkyl halides is 1. The van der Waals surface area contributed by atoms with Crippen molar-refractivity contribution in [2.75, 3.05) is 5.88 Å². The van der Waals surface area contributed by atoms with Crippen LogP contribution in [0.4, 0.5) is 0 Å². The van der Waals surface area contributed by atoms with E-state index >= 15 is 0 Å². The molecule has 0 aromatic rings. The molecule has 0 spiro atoms. The van der Waals surface area contributed by atoms with Gasteiger partial charge in [-0.2, -0.15) is 0 Å². The predicted molar refractivity (Wildman–Crippen MR) is 32.6 cm³/mol. The molecule has 1 rings (SSSR count). The van der Waals surface area contributed by atoms with Crippen LogP contribution in [-0.4, -0.2) is 5.88 Å². The largest absolute Gasteiger partial charge is 0.126 e. The SMILES string of the molecule is C=C1CC(CCl)C1. The topological polar surface area (TPSA) is 0 Å². The van der Waals surface area contributed by atoms with E-state index in [1.807, 2.05) is 0 Å². The molecule has 0 amide bonds. The predicted octanol–water partition coefficient (Wildman–Crippen LogP) is 2.19. The second kappa shape index (κ2) is 1.87. The van der Waals surface area contributed by atoms with Crippen LogP contribution in [0.5, 0.6) is 0 Å². The summed E-state index contributed by atoms with van der Waals surface area (Å²) in [6.45, 7) is 3.80. The van der Waals surface area contributed by atoms with Gasteiger partial charge < -0.3 is 0 Å². The highest BCUT2D eigenvalue weighted by Gasteiger charge is 2.19. The van der Waals surface area contributed by atoms with Gasteiger partial charge in [0.05, 0.1) is 0 Å². The fraction of sp³-hybridized carbons (Fsp3) is 0.667. The van der Waals surface area contributed by atoms with Gasteiger partial charge in [0.15, 0.2) is 0 Å². The maximum Gasteiger partial charge on any atom is 0.0257 e. The van der Waals surface area contributed by atoms with Gasteiger partial charge in [-0.1, -0.05) is 12.2 Å². The van der Waals surface area contributed by atoms with Crippen molar-refractivity contribution in [3.8, 4) is 0 Å². The van der Waals surface area contributed by atoms with Gasteiger partial charge in [0.2, 0.25) is 0 Å². The van der Waals surface area contributed by atoms with Gasteiger partial charge in [0.1, 0.15) is 0 Å². The van der Waals surface area contributed by atoms with Crippen LogP contribution in [0.25, 0.3) is 0 Å². The zero-order valence-electron chi connectivity index (χ0n) is 4.28. The number of hydrogen-bond acceptors (Lipinski definition) is 0. The van der Waals surface area contributed by atoms with Crippen LogP contribution in [0.1, 0.15) is 12.8 Å². The molecular weight excluding hydrogens is 108 g/mol. The molecule has 0 N–H and O–H groups in total. The lowest BCUT2D eigenvalue weighted by Crippen LogP contribution is -2.14. The minimum atomic E-state index is 0.758. The van der Waals surface area contributed by atoms with Crippen LogP contribution in [-0.2, 0) is 0 Å². The first-order valence-corrected chi connectivity index (χ1v) is 3.09. The highest BCUT2D eigenvalue weighted by Crippen LogP contribution is 2.31. The third-order valence-electron chi connectivity index (χ3n) is 1.37. The number of rotatable bonds is 1. The summed E-state index contributed by atoms with van der Waals surface area (Å²) in [6, 6.07) is 0. The minimum Gasteiger partial charge on any atom is -0.126 e. The summed E-state index contributed by atoms with van der Waals surface area (Å²) in [6.07, 6.45) is 2.34. The Labute approximate surface area is 49.2 Å². The second-order valence-electron chi connectivity index (χ2n) is 2.18. The molecule has 0 unspecified atom stereocenters. The van der Waals surface area contributed by atoms with Crippen molar-refractivity contribution in [3.05, 3.63) is 12.2 Å². The Morgan fingerprint density at radius 2 is 2.29 bits per heavy atom. The van der Waals surface area contributed by atoms with Gasteiger partial charge in [0.25, 0.3) is 0 Å². The van der Waals surface area contributed by atoms with E-state index in [1.165, 1.54) is 18.4 Å². The van der Waals surface area contributed by atoms with Crippen molar-refractivity contribution < 1.29 is 0 Å². The lowest BCUT2D eigenvalue weighted by atomic mass is 9.83. The van der Waals surface area contributed by atoms with E-state index in [1.54, 1.807) is 0 Å². The van der Waals surface area contributed by atoms with Crippen LogP contribution in [0.2, 0.25) is 0 Å². The molecule has 0 bridgehead atoms. The Balaban J connectivity index is 2.17. The first-order chi connectivity index (χ1) is 3.33. The van der Waals surface area contributed by atoms with Crippen molar-refractivity contribution in [3.63, 3.8) is 0 Å². The molecule has 1 saturated carbocycles. The van der Waals surface area contributed by atoms with Crippen molar-refractivity contribution in [2.45, 2.75) is 12.8 Å². The number of hydrogen-bond donors (Lipinski definition) is 0. The molecule has 0 nitrogen and oxygen atoms in total. The van der Waals surface area contributed by atoms with Gasteiger partial charge >= 0.3 is 0 Å². The molecule has 40 valence electrons. The quantitative estimate of drug-likeness (QED) is 0.364. The van der Waals surface area contributed by atoms with Crippen LogP contribution in [0.3, 0.4) is 0 Å². The van der Waals surface area contributed by atoms with Gasteiger partial charge in [-0.25, -0.2) is 0 Å².